The average molecular weight is 157 g/mol. The molecule has 3 rings (SSSR count). The van der Waals surface area contributed by atoms with E-state index in [-0.39, 0.29) is 0 Å². The summed E-state index contributed by atoms with van der Waals surface area (Å²) in [5.74, 6) is 6.31. The molecular weight excluding hydrogens is 144 g/mol. The van der Waals surface area contributed by atoms with Crippen LogP contribution in [-0.4, -0.2) is 5.88 Å². The first-order valence-electron chi connectivity index (χ1n) is 4.48. The lowest BCUT2D eigenvalue weighted by molar-refractivity contribution is 0.456. The number of alkyl halides is 1. The number of hydrogen-bond donors (Lipinski definition) is 0. The summed E-state index contributed by atoms with van der Waals surface area (Å²) in [4.78, 5) is 0. The molecule has 4 unspecified atom stereocenters. The van der Waals surface area contributed by atoms with Crippen LogP contribution in [0.5, 0.6) is 0 Å². The van der Waals surface area contributed by atoms with Gasteiger partial charge in [0.1, 0.15) is 0 Å². The smallest absolute Gasteiger partial charge is 0.0257 e. The molecule has 3 saturated carbocycles. The summed E-state index contributed by atoms with van der Waals surface area (Å²) in [6, 6.07) is 0. The van der Waals surface area contributed by atoms with E-state index < -0.39 is 0 Å². The van der Waals surface area contributed by atoms with Crippen LogP contribution in [0, 0.1) is 29.6 Å². The van der Waals surface area contributed by atoms with Gasteiger partial charge >= 0.3 is 0 Å². The third-order valence-corrected chi connectivity index (χ3v) is 4.43. The molecule has 0 radical (unpaired) electrons. The summed E-state index contributed by atoms with van der Waals surface area (Å²) in [7, 11) is 0. The van der Waals surface area contributed by atoms with Crippen LogP contribution in [0.4, 0.5) is 0 Å². The third-order valence-electron chi connectivity index (χ3n) is 4.07. The Morgan fingerprint density at radius 1 is 1.10 bits per heavy atom. The molecule has 0 aromatic carbocycles. The Kier molecular flexibility index (Phi) is 1.01. The Balaban J connectivity index is 1.84. The molecule has 2 bridgehead atoms. The standard InChI is InChI=1S/C9H13Cl/c10-4-7-8-5-1-2-6(3-5)9(7)8/h5-9H,1-4H2. The lowest BCUT2D eigenvalue weighted by Crippen LogP contribution is -1.98. The summed E-state index contributed by atoms with van der Waals surface area (Å²) in [5.41, 5.74) is 0. The molecule has 0 nitrogen and oxygen atoms in total. The molecule has 0 aromatic rings. The summed E-state index contributed by atoms with van der Waals surface area (Å²) >= 11 is 5.86. The maximum atomic E-state index is 5.86. The van der Waals surface area contributed by atoms with E-state index in [2.05, 4.69) is 0 Å². The van der Waals surface area contributed by atoms with E-state index in [1.807, 2.05) is 0 Å². The highest BCUT2D eigenvalue weighted by atomic mass is 35.5. The zero-order valence-electron chi connectivity index (χ0n) is 6.09. The van der Waals surface area contributed by atoms with Gasteiger partial charge in [0.05, 0.1) is 0 Å². The van der Waals surface area contributed by atoms with Crippen molar-refractivity contribution in [1.29, 1.82) is 0 Å². The zero-order valence-corrected chi connectivity index (χ0v) is 6.85. The summed E-state index contributed by atoms with van der Waals surface area (Å²) < 4.78 is 0. The Bertz CT molecular complexity index is 150. The number of halogens is 1. The molecule has 0 heterocycles. The van der Waals surface area contributed by atoms with Crippen molar-refractivity contribution in [1.82, 2.24) is 0 Å². The minimum absolute atomic E-state index is 0.947. The Hall–Kier alpha value is 0.290. The first-order chi connectivity index (χ1) is 4.92. The average Bonchev–Trinajstić information content (AvgIpc) is 2.36. The van der Waals surface area contributed by atoms with Gasteiger partial charge in [-0.2, -0.15) is 0 Å². The predicted molar refractivity (Wildman–Crippen MR) is 42.0 cm³/mol. The Labute approximate surface area is 66.9 Å². The molecule has 0 aliphatic heterocycles. The van der Waals surface area contributed by atoms with Gasteiger partial charge in [-0.15, -0.1) is 11.6 Å². The fourth-order valence-corrected chi connectivity index (χ4v) is 4.12. The highest BCUT2D eigenvalue weighted by Gasteiger charge is 2.64. The first-order valence-corrected chi connectivity index (χ1v) is 5.01. The molecule has 0 aromatic heterocycles. The quantitative estimate of drug-likeness (QED) is 0.512. The van der Waals surface area contributed by atoms with Gasteiger partial charge in [0.25, 0.3) is 0 Å². The predicted octanol–water partition coefficient (Wildman–Crippen LogP) is 2.52. The van der Waals surface area contributed by atoms with Crippen LogP contribution in [0.25, 0.3) is 0 Å². The van der Waals surface area contributed by atoms with E-state index in [9.17, 15) is 0 Å². The van der Waals surface area contributed by atoms with Crippen molar-refractivity contribution in [3.63, 3.8) is 0 Å². The van der Waals surface area contributed by atoms with Crippen LogP contribution in [0.15, 0.2) is 0 Å². The molecule has 3 fully saturated rings. The van der Waals surface area contributed by atoms with E-state index in [1.54, 1.807) is 6.42 Å². The minimum atomic E-state index is 0.947. The number of fused-ring (bicyclic) bond motifs is 5. The van der Waals surface area contributed by atoms with Crippen LogP contribution in [-0.2, 0) is 0 Å². The normalized spacial score (nSPS) is 62.7. The van der Waals surface area contributed by atoms with Crippen molar-refractivity contribution >= 4 is 11.6 Å². The first kappa shape index (κ1) is 5.88. The van der Waals surface area contributed by atoms with E-state index in [1.165, 1.54) is 12.8 Å². The van der Waals surface area contributed by atoms with Crippen molar-refractivity contribution in [3.05, 3.63) is 0 Å². The highest BCUT2D eigenvalue weighted by molar-refractivity contribution is 6.18. The van der Waals surface area contributed by atoms with Crippen LogP contribution >= 0.6 is 11.6 Å². The largest absolute Gasteiger partial charge is 0.126 e. The van der Waals surface area contributed by atoms with Gasteiger partial charge in [-0.25, -0.2) is 0 Å². The molecule has 3 aliphatic carbocycles. The lowest BCUT2D eigenvalue weighted by Gasteiger charge is -2.04. The van der Waals surface area contributed by atoms with E-state index in [0.717, 1.165) is 35.5 Å². The molecule has 0 N–H and O–H groups in total. The molecule has 56 valence electrons. The second kappa shape index (κ2) is 1.72. The van der Waals surface area contributed by atoms with Gasteiger partial charge in [-0.3, -0.25) is 0 Å². The Morgan fingerprint density at radius 3 is 2.20 bits per heavy atom. The van der Waals surface area contributed by atoms with Crippen molar-refractivity contribution in [2.75, 3.05) is 5.88 Å². The van der Waals surface area contributed by atoms with Gasteiger partial charge in [0, 0.05) is 5.88 Å². The summed E-state index contributed by atoms with van der Waals surface area (Å²) in [6.45, 7) is 0. The van der Waals surface area contributed by atoms with E-state index in [4.69, 9.17) is 11.6 Å². The molecular formula is C9H13Cl. The van der Waals surface area contributed by atoms with Gasteiger partial charge in [0.15, 0.2) is 0 Å². The third kappa shape index (κ3) is 0.514. The molecule has 0 spiro atoms. The molecule has 0 amide bonds. The number of rotatable bonds is 1. The van der Waals surface area contributed by atoms with E-state index in [0.29, 0.717) is 0 Å². The van der Waals surface area contributed by atoms with Gasteiger partial charge in [-0.05, 0) is 48.9 Å². The molecule has 1 heteroatoms. The van der Waals surface area contributed by atoms with E-state index >= 15 is 0 Å². The molecule has 10 heavy (non-hydrogen) atoms. The summed E-state index contributed by atoms with van der Waals surface area (Å²) in [6.07, 6.45) is 4.61. The summed E-state index contributed by atoms with van der Waals surface area (Å²) in [5, 5.41) is 0. The fraction of sp³-hybridized carbons (Fsp3) is 1.00. The van der Waals surface area contributed by atoms with Crippen molar-refractivity contribution in [2.24, 2.45) is 29.6 Å². The van der Waals surface area contributed by atoms with Crippen LogP contribution in [0.2, 0.25) is 0 Å². The number of hydrogen-bond acceptors (Lipinski definition) is 0. The second-order valence-corrected chi connectivity index (χ2v) is 4.61. The van der Waals surface area contributed by atoms with Gasteiger partial charge in [-0.1, -0.05) is 0 Å². The van der Waals surface area contributed by atoms with Crippen LogP contribution < -0.4 is 0 Å². The second-order valence-electron chi connectivity index (χ2n) is 4.31. The van der Waals surface area contributed by atoms with Crippen molar-refractivity contribution in [2.45, 2.75) is 19.3 Å². The van der Waals surface area contributed by atoms with Crippen LogP contribution in [0.3, 0.4) is 0 Å². The SMILES string of the molecule is ClCC1C2C3CCC(C3)C12. The maximum Gasteiger partial charge on any atom is 0.0257 e. The minimum Gasteiger partial charge on any atom is -0.126 e. The molecule has 4 atom stereocenters. The Morgan fingerprint density at radius 2 is 1.70 bits per heavy atom. The van der Waals surface area contributed by atoms with Crippen LogP contribution in [0.1, 0.15) is 19.3 Å². The maximum absolute atomic E-state index is 5.86. The highest BCUT2D eigenvalue weighted by Crippen LogP contribution is 2.69. The van der Waals surface area contributed by atoms with Gasteiger partial charge < -0.3 is 0 Å². The van der Waals surface area contributed by atoms with Crippen molar-refractivity contribution < 1.29 is 0 Å². The van der Waals surface area contributed by atoms with Crippen molar-refractivity contribution in [3.8, 4) is 0 Å². The molecule has 0 saturated heterocycles. The zero-order chi connectivity index (χ0) is 6.72. The fourth-order valence-electron chi connectivity index (χ4n) is 3.71. The molecule has 3 aliphatic rings. The monoisotopic (exact) mass is 156 g/mol. The van der Waals surface area contributed by atoms with Gasteiger partial charge in [0.2, 0.25) is 0 Å². The lowest BCUT2D eigenvalue weighted by atomic mass is 10.0. The topological polar surface area (TPSA) is 0 Å².